The molecule has 1 amide bonds. The Kier molecular flexibility index (Phi) is 3.86. The SMILES string of the molecule is Cc1nc(C2CN(C(=O)OCc3ccccc3)C2)nc2scnc12. The number of aryl methyl sites for hydroxylation is 1. The van der Waals surface area contributed by atoms with Gasteiger partial charge in [-0.1, -0.05) is 30.3 Å². The zero-order chi connectivity index (χ0) is 16.5. The topological polar surface area (TPSA) is 68.2 Å². The first-order valence-corrected chi connectivity index (χ1v) is 8.62. The molecule has 0 aliphatic carbocycles. The number of rotatable bonds is 3. The van der Waals surface area contributed by atoms with Crippen molar-refractivity contribution in [2.45, 2.75) is 19.4 Å². The third kappa shape index (κ3) is 2.82. The molecule has 0 atom stereocenters. The number of thiazole rings is 1. The van der Waals surface area contributed by atoms with Crippen LogP contribution in [0.15, 0.2) is 35.8 Å². The lowest BCUT2D eigenvalue weighted by Crippen LogP contribution is -2.49. The molecule has 24 heavy (non-hydrogen) atoms. The van der Waals surface area contributed by atoms with Crippen LogP contribution in [0.4, 0.5) is 4.79 Å². The summed E-state index contributed by atoms with van der Waals surface area (Å²) in [7, 11) is 0. The van der Waals surface area contributed by atoms with Crippen LogP contribution in [0, 0.1) is 6.92 Å². The molecule has 0 bridgehead atoms. The van der Waals surface area contributed by atoms with E-state index in [1.54, 1.807) is 10.4 Å². The van der Waals surface area contributed by atoms with Crippen molar-refractivity contribution < 1.29 is 9.53 Å². The quantitative estimate of drug-likeness (QED) is 0.733. The average molecular weight is 340 g/mol. The third-order valence-electron chi connectivity index (χ3n) is 4.10. The molecule has 0 unspecified atom stereocenters. The number of hydrogen-bond acceptors (Lipinski definition) is 6. The number of nitrogens with zero attached hydrogens (tertiary/aromatic N) is 4. The van der Waals surface area contributed by atoms with E-state index in [0.717, 1.165) is 27.4 Å². The minimum atomic E-state index is -0.286. The lowest BCUT2D eigenvalue weighted by atomic mass is 10.00. The smallest absolute Gasteiger partial charge is 0.410 e. The molecule has 7 heteroatoms. The Morgan fingerprint density at radius 2 is 2.08 bits per heavy atom. The Hall–Kier alpha value is -2.54. The molecule has 0 radical (unpaired) electrons. The summed E-state index contributed by atoms with van der Waals surface area (Å²) in [5.41, 5.74) is 4.52. The number of fused-ring (bicyclic) bond motifs is 1. The van der Waals surface area contributed by atoms with E-state index in [-0.39, 0.29) is 12.0 Å². The van der Waals surface area contributed by atoms with Gasteiger partial charge in [0.2, 0.25) is 0 Å². The van der Waals surface area contributed by atoms with Crippen LogP contribution in [0.1, 0.15) is 23.0 Å². The molecular weight excluding hydrogens is 324 g/mol. The highest BCUT2D eigenvalue weighted by atomic mass is 32.1. The largest absolute Gasteiger partial charge is 0.445 e. The van der Waals surface area contributed by atoms with Gasteiger partial charge in [-0.25, -0.2) is 19.7 Å². The molecule has 6 nitrogen and oxygen atoms in total. The van der Waals surface area contributed by atoms with E-state index in [4.69, 9.17) is 4.74 Å². The Labute approximate surface area is 143 Å². The van der Waals surface area contributed by atoms with E-state index in [1.807, 2.05) is 37.3 Å². The van der Waals surface area contributed by atoms with Gasteiger partial charge >= 0.3 is 6.09 Å². The molecule has 1 fully saturated rings. The molecule has 122 valence electrons. The third-order valence-corrected chi connectivity index (χ3v) is 4.82. The van der Waals surface area contributed by atoms with Gasteiger partial charge in [0, 0.05) is 13.1 Å². The van der Waals surface area contributed by atoms with E-state index >= 15 is 0 Å². The molecule has 3 heterocycles. The molecule has 3 aromatic rings. The molecule has 1 aliphatic rings. The van der Waals surface area contributed by atoms with Crippen molar-refractivity contribution in [1.82, 2.24) is 19.9 Å². The maximum Gasteiger partial charge on any atom is 0.410 e. The standard InChI is InChI=1S/C17H16N4O2S/c1-11-14-16(24-10-18-14)20-15(19-11)13-7-21(8-13)17(22)23-9-12-5-3-2-4-6-12/h2-6,10,13H,7-9H2,1H3. The number of hydrogen-bond donors (Lipinski definition) is 0. The Morgan fingerprint density at radius 3 is 2.88 bits per heavy atom. The predicted molar refractivity (Wildman–Crippen MR) is 90.9 cm³/mol. The Bertz CT molecular complexity index is 875. The van der Waals surface area contributed by atoms with Gasteiger partial charge in [-0.15, -0.1) is 11.3 Å². The number of carbonyl (C=O) groups is 1. The second-order valence-electron chi connectivity index (χ2n) is 5.82. The maximum atomic E-state index is 12.1. The van der Waals surface area contributed by atoms with Crippen LogP contribution in [0.25, 0.3) is 10.3 Å². The molecule has 1 aliphatic heterocycles. The van der Waals surface area contributed by atoms with Crippen LogP contribution in [-0.2, 0) is 11.3 Å². The van der Waals surface area contributed by atoms with Crippen molar-refractivity contribution >= 4 is 27.8 Å². The number of aromatic nitrogens is 3. The first kappa shape index (κ1) is 15.0. The fourth-order valence-corrected chi connectivity index (χ4v) is 3.42. The van der Waals surface area contributed by atoms with E-state index in [9.17, 15) is 4.79 Å². The zero-order valence-electron chi connectivity index (χ0n) is 13.2. The molecule has 0 spiro atoms. The average Bonchev–Trinajstić information content (AvgIpc) is 3.02. The van der Waals surface area contributed by atoms with Crippen molar-refractivity contribution in [2.75, 3.05) is 13.1 Å². The normalized spacial score (nSPS) is 14.6. The summed E-state index contributed by atoms with van der Waals surface area (Å²) in [6, 6.07) is 9.67. The molecule has 1 saturated heterocycles. The fraction of sp³-hybridized carbons (Fsp3) is 0.294. The van der Waals surface area contributed by atoms with Gasteiger partial charge in [0.05, 0.1) is 17.1 Å². The fourth-order valence-electron chi connectivity index (χ4n) is 2.71. The highest BCUT2D eigenvalue weighted by Gasteiger charge is 2.35. The van der Waals surface area contributed by atoms with Gasteiger partial charge in [0.25, 0.3) is 0 Å². The second kappa shape index (κ2) is 6.16. The van der Waals surface area contributed by atoms with Crippen molar-refractivity contribution in [3.05, 3.63) is 52.9 Å². The van der Waals surface area contributed by atoms with Gasteiger partial charge < -0.3 is 9.64 Å². The van der Waals surface area contributed by atoms with Crippen LogP contribution < -0.4 is 0 Å². The van der Waals surface area contributed by atoms with E-state index in [0.29, 0.717) is 19.7 Å². The van der Waals surface area contributed by atoms with E-state index < -0.39 is 0 Å². The summed E-state index contributed by atoms with van der Waals surface area (Å²) >= 11 is 1.51. The highest BCUT2D eigenvalue weighted by molar-refractivity contribution is 7.16. The minimum Gasteiger partial charge on any atom is -0.445 e. The summed E-state index contributed by atoms with van der Waals surface area (Å²) in [5.74, 6) is 0.954. The first-order valence-electron chi connectivity index (χ1n) is 7.74. The number of carbonyl (C=O) groups excluding carboxylic acids is 1. The van der Waals surface area contributed by atoms with Gasteiger partial charge in [0.1, 0.15) is 22.8 Å². The van der Waals surface area contributed by atoms with Crippen molar-refractivity contribution in [1.29, 1.82) is 0 Å². The van der Waals surface area contributed by atoms with Crippen molar-refractivity contribution in [2.24, 2.45) is 0 Å². The predicted octanol–water partition coefficient (Wildman–Crippen LogP) is 3.13. The first-order chi connectivity index (χ1) is 11.7. The number of likely N-dealkylation sites (tertiary alicyclic amines) is 1. The van der Waals surface area contributed by atoms with Crippen LogP contribution in [0.2, 0.25) is 0 Å². The van der Waals surface area contributed by atoms with Crippen LogP contribution in [-0.4, -0.2) is 39.0 Å². The summed E-state index contributed by atoms with van der Waals surface area (Å²) in [6.07, 6.45) is -0.286. The van der Waals surface area contributed by atoms with Crippen molar-refractivity contribution in [3.8, 4) is 0 Å². The molecule has 0 N–H and O–H groups in total. The number of benzene rings is 1. The molecule has 0 saturated carbocycles. The Balaban J connectivity index is 1.36. The van der Waals surface area contributed by atoms with Crippen LogP contribution in [0.5, 0.6) is 0 Å². The summed E-state index contributed by atoms with van der Waals surface area (Å²) in [4.78, 5) is 28.0. The minimum absolute atomic E-state index is 0.166. The molecule has 2 aromatic heterocycles. The van der Waals surface area contributed by atoms with Gasteiger partial charge in [-0.05, 0) is 12.5 Å². The van der Waals surface area contributed by atoms with E-state index in [1.165, 1.54) is 11.3 Å². The van der Waals surface area contributed by atoms with Crippen LogP contribution in [0.3, 0.4) is 0 Å². The summed E-state index contributed by atoms with van der Waals surface area (Å²) in [6.45, 7) is 3.43. The summed E-state index contributed by atoms with van der Waals surface area (Å²) in [5, 5.41) is 0. The maximum absolute atomic E-state index is 12.1. The molecule has 4 rings (SSSR count). The number of ether oxygens (including phenoxy) is 1. The monoisotopic (exact) mass is 340 g/mol. The van der Waals surface area contributed by atoms with E-state index in [2.05, 4.69) is 15.0 Å². The van der Waals surface area contributed by atoms with Gasteiger partial charge in [-0.3, -0.25) is 0 Å². The zero-order valence-corrected chi connectivity index (χ0v) is 14.0. The van der Waals surface area contributed by atoms with Gasteiger partial charge in [0.15, 0.2) is 0 Å². The lowest BCUT2D eigenvalue weighted by molar-refractivity contribution is 0.0650. The van der Waals surface area contributed by atoms with Crippen LogP contribution >= 0.6 is 11.3 Å². The second-order valence-corrected chi connectivity index (χ2v) is 6.65. The highest BCUT2D eigenvalue weighted by Crippen LogP contribution is 2.28. The van der Waals surface area contributed by atoms with Crippen molar-refractivity contribution in [3.63, 3.8) is 0 Å². The number of amides is 1. The Morgan fingerprint density at radius 1 is 1.29 bits per heavy atom. The molecule has 1 aromatic carbocycles. The lowest BCUT2D eigenvalue weighted by Gasteiger charge is -2.37. The summed E-state index contributed by atoms with van der Waals surface area (Å²) < 4.78 is 5.34. The van der Waals surface area contributed by atoms with Gasteiger partial charge in [-0.2, -0.15) is 0 Å². The molecular formula is C17H16N4O2S.